The van der Waals surface area contributed by atoms with E-state index >= 15 is 0 Å². The third-order valence-electron chi connectivity index (χ3n) is 2.70. The number of hydrogen-bond acceptors (Lipinski definition) is 2. The molecule has 0 atom stereocenters. The fraction of sp³-hybridized carbons (Fsp3) is 0.786. The quantitative estimate of drug-likeness (QED) is 0.428. The van der Waals surface area contributed by atoms with Crippen LogP contribution < -0.4 is 5.32 Å². The zero-order chi connectivity index (χ0) is 12.9. The molecule has 0 amide bonds. The van der Waals surface area contributed by atoms with Gasteiger partial charge in [-0.25, -0.2) is 4.79 Å². The molecule has 3 heteroatoms. The summed E-state index contributed by atoms with van der Waals surface area (Å²) in [6, 6.07) is 0. The van der Waals surface area contributed by atoms with Gasteiger partial charge in [-0.2, -0.15) is 0 Å². The average Bonchev–Trinajstić information content (AvgIpc) is 2.27. The Bertz CT molecular complexity index is 224. The summed E-state index contributed by atoms with van der Waals surface area (Å²) in [5.41, 5.74) is 0.855. The number of carboxylic acids is 1. The summed E-state index contributed by atoms with van der Waals surface area (Å²) in [6.45, 7) is 5.17. The third-order valence-corrected chi connectivity index (χ3v) is 2.70. The van der Waals surface area contributed by atoms with Crippen LogP contribution in [-0.2, 0) is 4.79 Å². The van der Waals surface area contributed by atoms with E-state index in [9.17, 15) is 4.79 Å². The number of nitrogens with one attached hydrogen (secondary N) is 1. The van der Waals surface area contributed by atoms with E-state index in [1.165, 1.54) is 38.2 Å². The van der Waals surface area contributed by atoms with Gasteiger partial charge in [-0.15, -0.1) is 0 Å². The standard InChI is InChI=1S/C14H27NO2/c1-3-5-6-7-8-9-11-15-13(10-4-2)12-14(16)17/h12,15H,3-11H2,1-2H3,(H,16,17). The monoisotopic (exact) mass is 241 g/mol. The highest BCUT2D eigenvalue weighted by molar-refractivity contribution is 5.80. The molecule has 0 aromatic carbocycles. The van der Waals surface area contributed by atoms with Crippen molar-refractivity contribution in [2.75, 3.05) is 6.54 Å². The Hall–Kier alpha value is -0.990. The number of unbranched alkanes of at least 4 members (excludes halogenated alkanes) is 5. The van der Waals surface area contributed by atoms with Crippen molar-refractivity contribution in [3.63, 3.8) is 0 Å². The topological polar surface area (TPSA) is 49.3 Å². The highest BCUT2D eigenvalue weighted by Gasteiger charge is 1.98. The molecular formula is C14H27NO2. The van der Waals surface area contributed by atoms with Crippen molar-refractivity contribution in [1.29, 1.82) is 0 Å². The zero-order valence-corrected chi connectivity index (χ0v) is 11.3. The number of carboxylic acid groups (broad SMARTS) is 1. The molecule has 0 rings (SSSR count). The maximum atomic E-state index is 10.6. The van der Waals surface area contributed by atoms with Crippen molar-refractivity contribution in [2.45, 2.75) is 65.2 Å². The molecular weight excluding hydrogens is 214 g/mol. The minimum Gasteiger partial charge on any atom is -0.478 e. The number of aliphatic carboxylic acids is 1. The van der Waals surface area contributed by atoms with E-state index in [1.807, 2.05) is 0 Å². The smallest absolute Gasteiger partial charge is 0.330 e. The molecule has 100 valence electrons. The van der Waals surface area contributed by atoms with Gasteiger partial charge in [-0.1, -0.05) is 52.4 Å². The summed E-state index contributed by atoms with van der Waals surface area (Å²) in [5, 5.41) is 11.9. The van der Waals surface area contributed by atoms with Crippen LogP contribution in [0.1, 0.15) is 65.2 Å². The van der Waals surface area contributed by atoms with E-state index in [1.54, 1.807) is 0 Å². The van der Waals surface area contributed by atoms with Gasteiger partial charge in [0.2, 0.25) is 0 Å². The van der Waals surface area contributed by atoms with E-state index in [0.29, 0.717) is 0 Å². The molecule has 0 heterocycles. The minimum absolute atomic E-state index is 0.822. The molecule has 0 aliphatic carbocycles. The lowest BCUT2D eigenvalue weighted by atomic mass is 10.1. The molecule has 0 aromatic rings. The van der Waals surface area contributed by atoms with Crippen molar-refractivity contribution in [3.05, 3.63) is 11.8 Å². The second-order valence-corrected chi connectivity index (χ2v) is 4.45. The van der Waals surface area contributed by atoms with Crippen LogP contribution in [0.4, 0.5) is 0 Å². The molecule has 0 spiro atoms. The van der Waals surface area contributed by atoms with Gasteiger partial charge in [0.15, 0.2) is 0 Å². The van der Waals surface area contributed by atoms with Crippen molar-refractivity contribution in [1.82, 2.24) is 5.32 Å². The Balaban J connectivity index is 3.58. The van der Waals surface area contributed by atoms with Gasteiger partial charge in [0, 0.05) is 18.3 Å². The fourth-order valence-corrected chi connectivity index (χ4v) is 1.78. The molecule has 0 aliphatic heterocycles. The van der Waals surface area contributed by atoms with Crippen LogP contribution in [0.25, 0.3) is 0 Å². The predicted octanol–water partition coefficient (Wildman–Crippen LogP) is 3.71. The normalized spacial score (nSPS) is 11.5. The number of allylic oxidation sites excluding steroid dienone is 1. The Morgan fingerprint density at radius 2 is 1.71 bits per heavy atom. The first-order valence-corrected chi connectivity index (χ1v) is 6.88. The van der Waals surface area contributed by atoms with Gasteiger partial charge in [-0.05, 0) is 12.8 Å². The van der Waals surface area contributed by atoms with E-state index in [0.717, 1.165) is 31.5 Å². The Morgan fingerprint density at radius 3 is 2.29 bits per heavy atom. The van der Waals surface area contributed by atoms with Gasteiger partial charge in [0.25, 0.3) is 0 Å². The van der Waals surface area contributed by atoms with Gasteiger partial charge in [-0.3, -0.25) is 0 Å². The second-order valence-electron chi connectivity index (χ2n) is 4.45. The SMILES string of the molecule is CCCCCCCCNC(=CC(=O)O)CCC. The maximum Gasteiger partial charge on any atom is 0.330 e. The highest BCUT2D eigenvalue weighted by atomic mass is 16.4. The van der Waals surface area contributed by atoms with Gasteiger partial charge < -0.3 is 10.4 Å². The van der Waals surface area contributed by atoms with Crippen LogP contribution in [-0.4, -0.2) is 17.6 Å². The fourth-order valence-electron chi connectivity index (χ4n) is 1.78. The van der Waals surface area contributed by atoms with Crippen LogP contribution in [0.5, 0.6) is 0 Å². The van der Waals surface area contributed by atoms with E-state index in [4.69, 9.17) is 5.11 Å². The molecule has 0 saturated heterocycles. The van der Waals surface area contributed by atoms with Crippen LogP contribution >= 0.6 is 0 Å². The first kappa shape index (κ1) is 16.0. The van der Waals surface area contributed by atoms with Gasteiger partial charge in [0.05, 0.1) is 0 Å². The molecule has 0 fully saturated rings. The Morgan fingerprint density at radius 1 is 1.06 bits per heavy atom. The first-order chi connectivity index (χ1) is 8.20. The lowest BCUT2D eigenvalue weighted by molar-refractivity contribution is -0.131. The number of rotatable bonds is 11. The molecule has 2 N–H and O–H groups in total. The molecule has 0 aromatic heterocycles. The van der Waals surface area contributed by atoms with Crippen molar-refractivity contribution in [3.8, 4) is 0 Å². The van der Waals surface area contributed by atoms with Crippen molar-refractivity contribution >= 4 is 5.97 Å². The first-order valence-electron chi connectivity index (χ1n) is 6.88. The number of carbonyl (C=O) groups is 1. The molecule has 3 nitrogen and oxygen atoms in total. The summed E-state index contributed by atoms with van der Waals surface area (Å²) < 4.78 is 0. The third kappa shape index (κ3) is 11.3. The van der Waals surface area contributed by atoms with Crippen LogP contribution in [0.2, 0.25) is 0 Å². The molecule has 0 radical (unpaired) electrons. The largest absolute Gasteiger partial charge is 0.478 e. The summed E-state index contributed by atoms with van der Waals surface area (Å²) in [4.78, 5) is 10.6. The summed E-state index contributed by atoms with van der Waals surface area (Å²) in [7, 11) is 0. The van der Waals surface area contributed by atoms with Gasteiger partial charge >= 0.3 is 5.97 Å². The van der Waals surface area contributed by atoms with Gasteiger partial charge in [0.1, 0.15) is 0 Å². The van der Waals surface area contributed by atoms with E-state index < -0.39 is 5.97 Å². The lowest BCUT2D eigenvalue weighted by Gasteiger charge is -2.09. The summed E-state index contributed by atoms with van der Waals surface area (Å²) in [5.74, 6) is -0.858. The Kier molecular flexibility index (Phi) is 10.8. The molecule has 0 aliphatic rings. The van der Waals surface area contributed by atoms with Crippen molar-refractivity contribution in [2.24, 2.45) is 0 Å². The molecule has 0 bridgehead atoms. The van der Waals surface area contributed by atoms with Crippen LogP contribution in [0.15, 0.2) is 11.8 Å². The zero-order valence-electron chi connectivity index (χ0n) is 11.3. The maximum absolute atomic E-state index is 10.6. The predicted molar refractivity (Wildman–Crippen MR) is 72.0 cm³/mol. The lowest BCUT2D eigenvalue weighted by Crippen LogP contribution is -2.16. The molecule has 0 saturated carbocycles. The van der Waals surface area contributed by atoms with E-state index in [-0.39, 0.29) is 0 Å². The second kappa shape index (κ2) is 11.5. The summed E-state index contributed by atoms with van der Waals surface area (Å²) in [6.07, 6.45) is 10.7. The van der Waals surface area contributed by atoms with Crippen LogP contribution in [0.3, 0.4) is 0 Å². The minimum atomic E-state index is -0.858. The average molecular weight is 241 g/mol. The molecule has 0 unspecified atom stereocenters. The molecule has 17 heavy (non-hydrogen) atoms. The van der Waals surface area contributed by atoms with E-state index in [2.05, 4.69) is 19.2 Å². The number of hydrogen-bond donors (Lipinski definition) is 2. The van der Waals surface area contributed by atoms with Crippen molar-refractivity contribution < 1.29 is 9.90 Å². The Labute approximate surface area is 105 Å². The highest BCUT2D eigenvalue weighted by Crippen LogP contribution is 2.05. The van der Waals surface area contributed by atoms with Crippen LogP contribution in [0, 0.1) is 0 Å². The summed E-state index contributed by atoms with van der Waals surface area (Å²) >= 11 is 0.